The molecule has 0 unspecified atom stereocenters. The van der Waals surface area contributed by atoms with Crippen LogP contribution in [0.4, 0.5) is 10.1 Å². The lowest BCUT2D eigenvalue weighted by molar-refractivity contribution is -0.112. The Kier molecular flexibility index (Phi) is 7.07. The number of carbonyl (C=O) groups is 1. The average molecular weight is 435 g/mol. The second-order valence-corrected chi connectivity index (χ2v) is 7.39. The molecule has 0 aliphatic rings. The standard InChI is InChI=1S/C25H20ClFN2O2/c1-16-5-3-8-23(17(16)2)29-25(30)20(14-28)11-18-9-10-24(22(26)13-18)31-15-19-6-4-7-21(27)12-19/h3-13H,15H2,1-2H3,(H,29,30)/b20-11+. The zero-order valence-corrected chi connectivity index (χ0v) is 17.8. The number of halogens is 2. The van der Waals surface area contributed by atoms with Crippen molar-refractivity contribution in [3.63, 3.8) is 0 Å². The summed E-state index contributed by atoms with van der Waals surface area (Å²) in [4.78, 5) is 12.6. The van der Waals surface area contributed by atoms with Crippen LogP contribution in [-0.2, 0) is 11.4 Å². The lowest BCUT2D eigenvalue weighted by atomic mass is 10.1. The van der Waals surface area contributed by atoms with Gasteiger partial charge in [-0.05, 0) is 72.5 Å². The number of carbonyl (C=O) groups excluding carboxylic acids is 1. The lowest BCUT2D eigenvalue weighted by Gasteiger charge is -2.10. The van der Waals surface area contributed by atoms with Crippen LogP contribution < -0.4 is 10.1 Å². The summed E-state index contributed by atoms with van der Waals surface area (Å²) in [5.41, 5.74) is 3.85. The van der Waals surface area contributed by atoms with E-state index < -0.39 is 5.91 Å². The topological polar surface area (TPSA) is 62.1 Å². The molecule has 0 atom stereocenters. The van der Waals surface area contributed by atoms with Crippen LogP contribution >= 0.6 is 11.6 Å². The van der Waals surface area contributed by atoms with E-state index >= 15 is 0 Å². The van der Waals surface area contributed by atoms with Crippen LogP contribution in [0.15, 0.2) is 66.2 Å². The Hall–Kier alpha value is -3.62. The molecule has 3 aromatic rings. The molecule has 31 heavy (non-hydrogen) atoms. The van der Waals surface area contributed by atoms with E-state index in [-0.39, 0.29) is 18.0 Å². The fourth-order valence-electron chi connectivity index (χ4n) is 2.90. The highest BCUT2D eigenvalue weighted by Crippen LogP contribution is 2.27. The fourth-order valence-corrected chi connectivity index (χ4v) is 3.15. The number of nitrogens with one attached hydrogen (secondary N) is 1. The molecule has 0 fully saturated rings. The largest absolute Gasteiger partial charge is 0.487 e. The van der Waals surface area contributed by atoms with Gasteiger partial charge in [-0.1, -0.05) is 41.9 Å². The monoisotopic (exact) mass is 434 g/mol. The Morgan fingerprint density at radius 1 is 1.16 bits per heavy atom. The predicted molar refractivity (Wildman–Crippen MR) is 120 cm³/mol. The predicted octanol–water partition coefficient (Wildman–Crippen LogP) is 6.22. The van der Waals surface area contributed by atoms with Crippen molar-refractivity contribution in [3.05, 3.63) is 99.3 Å². The second-order valence-electron chi connectivity index (χ2n) is 6.98. The van der Waals surface area contributed by atoms with Crippen LogP contribution in [0, 0.1) is 31.0 Å². The smallest absolute Gasteiger partial charge is 0.266 e. The molecule has 1 amide bonds. The van der Waals surface area contributed by atoms with E-state index in [0.717, 1.165) is 11.1 Å². The molecule has 0 saturated carbocycles. The summed E-state index contributed by atoms with van der Waals surface area (Å²) in [6.07, 6.45) is 1.46. The van der Waals surface area contributed by atoms with Crippen LogP contribution in [0.1, 0.15) is 22.3 Å². The van der Waals surface area contributed by atoms with Crippen LogP contribution in [0.5, 0.6) is 5.75 Å². The molecule has 0 aromatic heterocycles. The van der Waals surface area contributed by atoms with Crippen molar-refractivity contribution in [2.75, 3.05) is 5.32 Å². The van der Waals surface area contributed by atoms with Crippen LogP contribution in [0.25, 0.3) is 6.08 Å². The molecule has 3 rings (SSSR count). The quantitative estimate of drug-likeness (QED) is 0.370. The first-order chi connectivity index (χ1) is 14.9. The summed E-state index contributed by atoms with van der Waals surface area (Å²) in [5, 5.41) is 12.5. The summed E-state index contributed by atoms with van der Waals surface area (Å²) in [6, 6.07) is 18.6. The van der Waals surface area contributed by atoms with Gasteiger partial charge in [0.15, 0.2) is 0 Å². The van der Waals surface area contributed by atoms with E-state index in [1.165, 1.54) is 18.2 Å². The molecule has 1 N–H and O–H groups in total. The van der Waals surface area contributed by atoms with Gasteiger partial charge >= 0.3 is 0 Å². The highest BCUT2D eigenvalue weighted by atomic mass is 35.5. The molecule has 0 bridgehead atoms. The Labute approximate surface area is 185 Å². The van der Waals surface area contributed by atoms with E-state index in [1.54, 1.807) is 36.4 Å². The number of nitriles is 1. The molecule has 0 aliphatic heterocycles. The number of rotatable bonds is 6. The van der Waals surface area contributed by atoms with Crippen molar-refractivity contribution >= 4 is 29.3 Å². The number of hydrogen-bond acceptors (Lipinski definition) is 3. The summed E-state index contributed by atoms with van der Waals surface area (Å²) in [7, 11) is 0. The molecule has 0 aliphatic carbocycles. The SMILES string of the molecule is Cc1cccc(NC(=O)/C(C#N)=C/c2ccc(OCc3cccc(F)c3)c(Cl)c2)c1C. The third-order valence-corrected chi connectivity index (χ3v) is 5.06. The fraction of sp³-hybridized carbons (Fsp3) is 0.120. The van der Waals surface area contributed by atoms with Gasteiger partial charge in [0.05, 0.1) is 5.02 Å². The maximum atomic E-state index is 13.3. The maximum absolute atomic E-state index is 13.3. The number of hydrogen-bond donors (Lipinski definition) is 1. The molecule has 156 valence electrons. The Balaban J connectivity index is 1.73. The van der Waals surface area contributed by atoms with Gasteiger partial charge in [0.25, 0.3) is 5.91 Å². The third kappa shape index (κ3) is 5.71. The second kappa shape index (κ2) is 9.92. The molecule has 0 radical (unpaired) electrons. The third-order valence-electron chi connectivity index (χ3n) is 4.77. The van der Waals surface area contributed by atoms with Crippen LogP contribution in [0.3, 0.4) is 0 Å². The van der Waals surface area contributed by atoms with Gasteiger partial charge in [0.1, 0.15) is 29.8 Å². The number of nitrogens with zero attached hydrogens (tertiary/aromatic N) is 1. The van der Waals surface area contributed by atoms with Crippen LogP contribution in [0.2, 0.25) is 5.02 Å². The average Bonchev–Trinajstić information content (AvgIpc) is 2.74. The first-order valence-electron chi connectivity index (χ1n) is 9.53. The lowest BCUT2D eigenvalue weighted by Crippen LogP contribution is -2.14. The first kappa shape index (κ1) is 22.1. The van der Waals surface area contributed by atoms with Gasteiger partial charge < -0.3 is 10.1 Å². The number of ether oxygens (including phenoxy) is 1. The molecule has 6 heteroatoms. The number of benzene rings is 3. The van der Waals surface area contributed by atoms with Gasteiger partial charge in [0, 0.05) is 5.69 Å². The van der Waals surface area contributed by atoms with Gasteiger partial charge in [-0.3, -0.25) is 4.79 Å². The maximum Gasteiger partial charge on any atom is 0.266 e. The van der Waals surface area contributed by atoms with Crippen molar-refractivity contribution in [1.29, 1.82) is 5.26 Å². The normalized spacial score (nSPS) is 11.0. The van der Waals surface area contributed by atoms with E-state index in [9.17, 15) is 14.4 Å². The Morgan fingerprint density at radius 3 is 2.65 bits per heavy atom. The van der Waals surface area contributed by atoms with Gasteiger partial charge in [-0.15, -0.1) is 0 Å². The van der Waals surface area contributed by atoms with Crippen molar-refractivity contribution in [3.8, 4) is 11.8 Å². The van der Waals surface area contributed by atoms with Crippen molar-refractivity contribution in [2.24, 2.45) is 0 Å². The minimum absolute atomic E-state index is 0.0506. The molecule has 0 saturated heterocycles. The molecule has 4 nitrogen and oxygen atoms in total. The highest BCUT2D eigenvalue weighted by molar-refractivity contribution is 6.32. The van der Waals surface area contributed by atoms with E-state index in [1.807, 2.05) is 32.0 Å². The molecular weight excluding hydrogens is 415 g/mol. The summed E-state index contributed by atoms with van der Waals surface area (Å²) < 4.78 is 18.9. The van der Waals surface area contributed by atoms with Gasteiger partial charge in [0.2, 0.25) is 0 Å². The van der Waals surface area contributed by atoms with Crippen molar-refractivity contribution < 1.29 is 13.9 Å². The summed E-state index contributed by atoms with van der Waals surface area (Å²) in [6.45, 7) is 4.02. The summed E-state index contributed by atoms with van der Waals surface area (Å²) in [5.74, 6) is -0.420. The Morgan fingerprint density at radius 2 is 1.94 bits per heavy atom. The van der Waals surface area contributed by atoms with Gasteiger partial charge in [-0.25, -0.2) is 4.39 Å². The minimum atomic E-state index is -0.501. The first-order valence-corrected chi connectivity index (χ1v) is 9.91. The van der Waals surface area contributed by atoms with E-state index in [0.29, 0.717) is 27.6 Å². The zero-order valence-electron chi connectivity index (χ0n) is 17.1. The van der Waals surface area contributed by atoms with Crippen molar-refractivity contribution in [2.45, 2.75) is 20.5 Å². The number of anilines is 1. The minimum Gasteiger partial charge on any atom is -0.487 e. The zero-order chi connectivity index (χ0) is 22.4. The number of amides is 1. The Bertz CT molecular complexity index is 1200. The molecular formula is C25H20ClFN2O2. The molecule has 0 spiro atoms. The highest BCUT2D eigenvalue weighted by Gasteiger charge is 2.12. The summed E-state index contributed by atoms with van der Waals surface area (Å²) >= 11 is 6.29. The van der Waals surface area contributed by atoms with E-state index in [4.69, 9.17) is 16.3 Å². The van der Waals surface area contributed by atoms with Crippen molar-refractivity contribution in [1.82, 2.24) is 0 Å². The molecule has 0 heterocycles. The molecule has 3 aromatic carbocycles. The van der Waals surface area contributed by atoms with Crippen LogP contribution in [-0.4, -0.2) is 5.91 Å². The number of aryl methyl sites for hydroxylation is 1. The van der Waals surface area contributed by atoms with Gasteiger partial charge in [-0.2, -0.15) is 5.26 Å². The van der Waals surface area contributed by atoms with E-state index in [2.05, 4.69) is 5.32 Å².